The molecule has 0 amide bonds. The minimum absolute atomic E-state index is 0.0341. The number of halogens is 5. The average Bonchev–Trinajstić information content (AvgIpc) is 2.34. The van der Waals surface area contributed by atoms with E-state index in [4.69, 9.17) is 23.2 Å². The Morgan fingerprint density at radius 1 is 0.950 bits per heavy atom. The van der Waals surface area contributed by atoms with Crippen LogP contribution in [0.3, 0.4) is 0 Å². The summed E-state index contributed by atoms with van der Waals surface area (Å²) < 4.78 is 38.5. The van der Waals surface area contributed by atoms with Gasteiger partial charge in [-0.05, 0) is 29.8 Å². The third-order valence-corrected chi connectivity index (χ3v) is 3.10. The highest BCUT2D eigenvalue weighted by Gasteiger charge is 2.32. The topological polar surface area (TPSA) is 12.0 Å². The molecule has 2 aromatic rings. The first kappa shape index (κ1) is 15.0. The van der Waals surface area contributed by atoms with Gasteiger partial charge in [0, 0.05) is 22.3 Å². The Hall–Kier alpha value is -1.39. The van der Waals surface area contributed by atoms with Gasteiger partial charge in [-0.3, -0.25) is 0 Å². The SMILES string of the molecule is FC(F)(F)c1ccccc1CNc1cc(Cl)cc(Cl)c1. The quantitative estimate of drug-likeness (QED) is 0.773. The van der Waals surface area contributed by atoms with Gasteiger partial charge in [-0.2, -0.15) is 13.2 Å². The van der Waals surface area contributed by atoms with E-state index in [0.717, 1.165) is 6.07 Å². The molecule has 0 saturated heterocycles. The highest BCUT2D eigenvalue weighted by Crippen LogP contribution is 2.32. The van der Waals surface area contributed by atoms with Gasteiger partial charge in [-0.15, -0.1) is 0 Å². The zero-order valence-electron chi connectivity index (χ0n) is 10.1. The van der Waals surface area contributed by atoms with E-state index >= 15 is 0 Å². The summed E-state index contributed by atoms with van der Waals surface area (Å²) in [4.78, 5) is 0. The third kappa shape index (κ3) is 3.81. The van der Waals surface area contributed by atoms with E-state index < -0.39 is 11.7 Å². The molecule has 20 heavy (non-hydrogen) atoms. The minimum Gasteiger partial charge on any atom is -0.381 e. The Balaban J connectivity index is 2.19. The molecular weight excluding hydrogens is 310 g/mol. The first-order valence-corrected chi connectivity index (χ1v) is 6.47. The molecule has 0 unspecified atom stereocenters. The van der Waals surface area contributed by atoms with Crippen LogP contribution in [0.15, 0.2) is 42.5 Å². The number of benzene rings is 2. The third-order valence-electron chi connectivity index (χ3n) is 2.67. The second-order valence-corrected chi connectivity index (χ2v) is 5.04. The van der Waals surface area contributed by atoms with Crippen molar-refractivity contribution in [3.05, 3.63) is 63.6 Å². The fourth-order valence-corrected chi connectivity index (χ4v) is 2.33. The highest BCUT2D eigenvalue weighted by molar-refractivity contribution is 6.35. The van der Waals surface area contributed by atoms with E-state index in [-0.39, 0.29) is 12.1 Å². The van der Waals surface area contributed by atoms with Crippen LogP contribution in [-0.4, -0.2) is 0 Å². The van der Waals surface area contributed by atoms with E-state index in [1.54, 1.807) is 24.3 Å². The summed E-state index contributed by atoms with van der Waals surface area (Å²) in [6, 6.07) is 10.2. The average molecular weight is 320 g/mol. The van der Waals surface area contributed by atoms with Gasteiger partial charge in [0.25, 0.3) is 0 Å². The molecule has 0 aliphatic rings. The maximum absolute atomic E-state index is 12.8. The largest absolute Gasteiger partial charge is 0.416 e. The lowest BCUT2D eigenvalue weighted by atomic mass is 10.1. The van der Waals surface area contributed by atoms with Crippen LogP contribution in [0.25, 0.3) is 0 Å². The Bertz CT molecular complexity index is 591. The summed E-state index contributed by atoms with van der Waals surface area (Å²) in [5.41, 5.74) is 0.0798. The van der Waals surface area contributed by atoms with Crippen LogP contribution in [0.2, 0.25) is 10.0 Å². The summed E-state index contributed by atoms with van der Waals surface area (Å²) in [5, 5.41) is 3.73. The normalized spacial score (nSPS) is 11.4. The lowest BCUT2D eigenvalue weighted by molar-refractivity contribution is -0.138. The number of hydrogen-bond acceptors (Lipinski definition) is 1. The number of alkyl halides is 3. The van der Waals surface area contributed by atoms with Crippen molar-refractivity contribution in [3.63, 3.8) is 0 Å². The molecular formula is C14H10Cl2F3N. The molecule has 0 saturated carbocycles. The number of anilines is 1. The molecule has 0 aromatic heterocycles. The lowest BCUT2D eigenvalue weighted by Crippen LogP contribution is -2.11. The molecule has 1 N–H and O–H groups in total. The maximum atomic E-state index is 12.8. The van der Waals surface area contributed by atoms with Crippen LogP contribution in [0.5, 0.6) is 0 Å². The second kappa shape index (κ2) is 5.94. The van der Waals surface area contributed by atoms with E-state index in [1.165, 1.54) is 12.1 Å². The van der Waals surface area contributed by atoms with Gasteiger partial charge in [-0.25, -0.2) is 0 Å². The summed E-state index contributed by atoms with van der Waals surface area (Å²) in [6.45, 7) is 0.0341. The second-order valence-electron chi connectivity index (χ2n) is 4.17. The molecule has 0 fully saturated rings. The standard InChI is InChI=1S/C14H10Cl2F3N/c15-10-5-11(16)7-12(6-10)20-8-9-3-1-2-4-13(9)14(17,18)19/h1-7,20H,8H2. The number of rotatable bonds is 3. The van der Waals surface area contributed by atoms with Gasteiger partial charge in [-0.1, -0.05) is 41.4 Å². The van der Waals surface area contributed by atoms with Crippen molar-refractivity contribution in [1.29, 1.82) is 0 Å². The van der Waals surface area contributed by atoms with Crippen molar-refractivity contribution in [2.75, 3.05) is 5.32 Å². The zero-order valence-corrected chi connectivity index (χ0v) is 11.7. The summed E-state index contributed by atoms with van der Waals surface area (Å²) in [6.07, 6.45) is -4.37. The summed E-state index contributed by atoms with van der Waals surface area (Å²) >= 11 is 11.7. The van der Waals surface area contributed by atoms with Crippen molar-refractivity contribution >= 4 is 28.9 Å². The molecule has 0 aliphatic carbocycles. The molecule has 0 radical (unpaired) electrons. The van der Waals surface area contributed by atoms with Crippen molar-refractivity contribution in [2.45, 2.75) is 12.7 Å². The van der Waals surface area contributed by atoms with Crippen molar-refractivity contribution < 1.29 is 13.2 Å². The Labute approximate surface area is 124 Å². The fourth-order valence-electron chi connectivity index (χ4n) is 1.80. The van der Waals surface area contributed by atoms with Crippen LogP contribution in [0.1, 0.15) is 11.1 Å². The molecule has 6 heteroatoms. The van der Waals surface area contributed by atoms with Gasteiger partial charge in [0.1, 0.15) is 0 Å². The number of nitrogens with one attached hydrogen (secondary N) is 1. The highest BCUT2D eigenvalue weighted by atomic mass is 35.5. The smallest absolute Gasteiger partial charge is 0.381 e. The van der Waals surface area contributed by atoms with Gasteiger partial charge >= 0.3 is 6.18 Å². The van der Waals surface area contributed by atoms with Gasteiger partial charge in [0.05, 0.1) is 5.56 Å². The molecule has 0 heterocycles. The Morgan fingerprint density at radius 3 is 2.15 bits per heavy atom. The predicted molar refractivity (Wildman–Crippen MR) is 75.2 cm³/mol. The monoisotopic (exact) mass is 319 g/mol. The van der Waals surface area contributed by atoms with E-state index in [0.29, 0.717) is 15.7 Å². The minimum atomic E-state index is -4.37. The Kier molecular flexibility index (Phi) is 4.45. The predicted octanol–water partition coefficient (Wildman–Crippen LogP) is 5.62. The van der Waals surface area contributed by atoms with Gasteiger partial charge in [0.2, 0.25) is 0 Å². The van der Waals surface area contributed by atoms with Crippen molar-refractivity contribution in [3.8, 4) is 0 Å². The molecule has 0 atom stereocenters. The molecule has 106 valence electrons. The molecule has 2 rings (SSSR count). The van der Waals surface area contributed by atoms with Gasteiger partial charge in [0.15, 0.2) is 0 Å². The van der Waals surface area contributed by atoms with Gasteiger partial charge < -0.3 is 5.32 Å². The molecule has 1 nitrogen and oxygen atoms in total. The molecule has 0 spiro atoms. The van der Waals surface area contributed by atoms with Crippen LogP contribution >= 0.6 is 23.2 Å². The van der Waals surface area contributed by atoms with Crippen molar-refractivity contribution in [1.82, 2.24) is 0 Å². The molecule has 2 aromatic carbocycles. The number of hydrogen-bond donors (Lipinski definition) is 1. The Morgan fingerprint density at radius 2 is 1.55 bits per heavy atom. The van der Waals surface area contributed by atoms with E-state index in [2.05, 4.69) is 5.32 Å². The molecule has 0 aliphatic heterocycles. The zero-order chi connectivity index (χ0) is 14.8. The van der Waals surface area contributed by atoms with Crippen LogP contribution < -0.4 is 5.32 Å². The first-order valence-electron chi connectivity index (χ1n) is 5.71. The first-order chi connectivity index (χ1) is 9.36. The summed E-state index contributed by atoms with van der Waals surface area (Å²) in [5.74, 6) is 0. The van der Waals surface area contributed by atoms with Crippen LogP contribution in [0.4, 0.5) is 18.9 Å². The van der Waals surface area contributed by atoms with E-state index in [9.17, 15) is 13.2 Å². The summed E-state index contributed by atoms with van der Waals surface area (Å²) in [7, 11) is 0. The lowest BCUT2D eigenvalue weighted by Gasteiger charge is -2.14. The molecule has 0 bridgehead atoms. The van der Waals surface area contributed by atoms with Crippen molar-refractivity contribution in [2.24, 2.45) is 0 Å². The fraction of sp³-hybridized carbons (Fsp3) is 0.143. The van der Waals surface area contributed by atoms with Crippen LogP contribution in [0, 0.1) is 0 Å². The van der Waals surface area contributed by atoms with Crippen LogP contribution in [-0.2, 0) is 12.7 Å². The maximum Gasteiger partial charge on any atom is 0.416 e. The van der Waals surface area contributed by atoms with E-state index in [1.807, 2.05) is 0 Å².